The lowest BCUT2D eigenvalue weighted by Gasteiger charge is -2.37. The third-order valence-corrected chi connectivity index (χ3v) is 6.41. The Kier molecular flexibility index (Phi) is 9.22. The SMILES string of the molecule is COCCOC(=O)C1=C(C)N=C2SC=C(CC(=O)NCC(C)C)N2C1c1cc(OC)ccc1OC. The smallest absolute Gasteiger partial charge is 0.338 e. The third kappa shape index (κ3) is 6.18. The number of esters is 1. The minimum atomic E-state index is -0.623. The molecular weight excluding hydrogens is 470 g/mol. The zero-order valence-electron chi connectivity index (χ0n) is 21.0. The molecule has 2 aliphatic rings. The van der Waals surface area contributed by atoms with Crippen LogP contribution in [0.5, 0.6) is 11.5 Å². The number of fused-ring (bicyclic) bond motifs is 1. The molecule has 3 rings (SSSR count). The number of benzene rings is 1. The van der Waals surface area contributed by atoms with Crippen molar-refractivity contribution in [2.75, 3.05) is 41.1 Å². The van der Waals surface area contributed by atoms with Crippen molar-refractivity contribution in [3.05, 3.63) is 46.1 Å². The number of amidine groups is 1. The van der Waals surface area contributed by atoms with Gasteiger partial charge in [0, 0.05) is 24.9 Å². The summed E-state index contributed by atoms with van der Waals surface area (Å²) in [5.41, 5.74) is 2.35. The Morgan fingerprint density at radius 3 is 2.60 bits per heavy atom. The normalized spacial score (nSPS) is 17.1. The highest BCUT2D eigenvalue weighted by atomic mass is 32.2. The minimum absolute atomic E-state index is 0.0985. The van der Waals surface area contributed by atoms with Gasteiger partial charge in [0.25, 0.3) is 0 Å². The lowest BCUT2D eigenvalue weighted by molar-refractivity contribution is -0.141. The summed E-state index contributed by atoms with van der Waals surface area (Å²) in [4.78, 5) is 32.6. The lowest BCUT2D eigenvalue weighted by Crippen LogP contribution is -2.38. The summed E-state index contributed by atoms with van der Waals surface area (Å²) < 4.78 is 21.7. The number of thioether (sulfide) groups is 1. The predicted molar refractivity (Wildman–Crippen MR) is 135 cm³/mol. The molecule has 1 amide bonds. The number of hydrogen-bond acceptors (Lipinski definition) is 9. The molecular formula is C25H33N3O6S. The first-order chi connectivity index (χ1) is 16.8. The molecule has 190 valence electrons. The largest absolute Gasteiger partial charge is 0.497 e. The van der Waals surface area contributed by atoms with E-state index >= 15 is 0 Å². The number of carbonyl (C=O) groups excluding carboxylic acids is 2. The number of nitrogens with one attached hydrogen (secondary N) is 1. The van der Waals surface area contributed by atoms with Crippen LogP contribution in [-0.2, 0) is 19.1 Å². The molecule has 35 heavy (non-hydrogen) atoms. The second-order valence-corrected chi connectivity index (χ2v) is 9.34. The van der Waals surface area contributed by atoms with Crippen molar-refractivity contribution in [1.82, 2.24) is 10.2 Å². The highest BCUT2D eigenvalue weighted by molar-refractivity contribution is 8.16. The Balaban J connectivity index is 2.05. The molecule has 0 bridgehead atoms. The van der Waals surface area contributed by atoms with Crippen LogP contribution < -0.4 is 14.8 Å². The molecule has 0 aliphatic carbocycles. The van der Waals surface area contributed by atoms with Crippen LogP contribution in [0.2, 0.25) is 0 Å². The third-order valence-electron chi connectivity index (χ3n) is 5.52. The van der Waals surface area contributed by atoms with Crippen molar-refractivity contribution in [3.63, 3.8) is 0 Å². The van der Waals surface area contributed by atoms with Crippen LogP contribution >= 0.6 is 11.8 Å². The molecule has 10 heteroatoms. The van der Waals surface area contributed by atoms with Crippen LogP contribution in [0.25, 0.3) is 0 Å². The number of amides is 1. The molecule has 0 saturated carbocycles. The quantitative estimate of drug-likeness (QED) is 0.361. The van der Waals surface area contributed by atoms with E-state index in [1.54, 1.807) is 40.4 Å². The van der Waals surface area contributed by atoms with Crippen molar-refractivity contribution in [1.29, 1.82) is 0 Å². The second kappa shape index (κ2) is 12.1. The predicted octanol–water partition coefficient (Wildman–Crippen LogP) is 3.63. The number of allylic oxidation sites excluding steroid dienone is 1. The molecule has 1 aromatic rings. The fraction of sp³-hybridized carbons (Fsp3) is 0.480. The van der Waals surface area contributed by atoms with E-state index in [1.807, 2.05) is 30.2 Å². The Hall–Kier alpha value is -2.98. The molecule has 1 aromatic carbocycles. The number of nitrogens with zero attached hydrogens (tertiary/aromatic N) is 2. The number of hydrogen-bond donors (Lipinski definition) is 1. The van der Waals surface area contributed by atoms with E-state index in [4.69, 9.17) is 18.9 Å². The van der Waals surface area contributed by atoms with Crippen LogP contribution in [0.1, 0.15) is 38.8 Å². The van der Waals surface area contributed by atoms with Gasteiger partial charge in [0.2, 0.25) is 5.91 Å². The number of aliphatic imine (C=N–C) groups is 1. The molecule has 0 fully saturated rings. The van der Waals surface area contributed by atoms with Gasteiger partial charge < -0.3 is 29.2 Å². The first kappa shape index (κ1) is 26.6. The van der Waals surface area contributed by atoms with Gasteiger partial charge in [0.15, 0.2) is 5.17 Å². The van der Waals surface area contributed by atoms with Gasteiger partial charge in [-0.15, -0.1) is 0 Å². The van der Waals surface area contributed by atoms with Gasteiger partial charge in [0.1, 0.15) is 18.1 Å². The molecule has 0 saturated heterocycles. The van der Waals surface area contributed by atoms with E-state index in [9.17, 15) is 9.59 Å². The number of rotatable bonds is 11. The molecule has 0 spiro atoms. The van der Waals surface area contributed by atoms with Crippen molar-refractivity contribution >= 4 is 28.8 Å². The Morgan fingerprint density at radius 1 is 1.17 bits per heavy atom. The van der Waals surface area contributed by atoms with E-state index < -0.39 is 12.0 Å². The van der Waals surface area contributed by atoms with Gasteiger partial charge in [-0.25, -0.2) is 9.79 Å². The molecule has 1 N–H and O–H groups in total. The Bertz CT molecular complexity index is 1050. The monoisotopic (exact) mass is 503 g/mol. The van der Waals surface area contributed by atoms with Crippen LogP contribution in [0.4, 0.5) is 0 Å². The molecule has 1 unspecified atom stereocenters. The molecule has 0 aromatic heterocycles. The number of ether oxygens (including phenoxy) is 4. The summed E-state index contributed by atoms with van der Waals surface area (Å²) in [7, 11) is 4.70. The van der Waals surface area contributed by atoms with E-state index in [-0.39, 0.29) is 25.5 Å². The molecule has 1 atom stereocenters. The molecule has 2 heterocycles. The minimum Gasteiger partial charge on any atom is -0.497 e. The maximum Gasteiger partial charge on any atom is 0.338 e. The summed E-state index contributed by atoms with van der Waals surface area (Å²) in [6.45, 7) is 6.84. The van der Waals surface area contributed by atoms with E-state index in [0.717, 1.165) is 5.70 Å². The maximum absolute atomic E-state index is 13.3. The van der Waals surface area contributed by atoms with Crippen LogP contribution in [0.15, 0.2) is 45.6 Å². The summed E-state index contributed by atoms with van der Waals surface area (Å²) in [5, 5.41) is 5.54. The fourth-order valence-electron chi connectivity index (χ4n) is 3.82. The summed E-state index contributed by atoms with van der Waals surface area (Å²) in [6.07, 6.45) is 0.145. The number of methoxy groups -OCH3 is 3. The van der Waals surface area contributed by atoms with E-state index in [1.165, 1.54) is 11.8 Å². The van der Waals surface area contributed by atoms with Crippen molar-refractivity contribution in [2.24, 2.45) is 10.9 Å². The average molecular weight is 504 g/mol. The van der Waals surface area contributed by atoms with Gasteiger partial charge in [-0.2, -0.15) is 0 Å². The van der Waals surface area contributed by atoms with Gasteiger partial charge >= 0.3 is 5.97 Å². The van der Waals surface area contributed by atoms with Gasteiger partial charge in [-0.3, -0.25) is 4.79 Å². The van der Waals surface area contributed by atoms with Gasteiger partial charge in [0.05, 0.1) is 44.6 Å². The van der Waals surface area contributed by atoms with Crippen LogP contribution in [0.3, 0.4) is 0 Å². The molecule has 2 aliphatic heterocycles. The Morgan fingerprint density at radius 2 is 1.94 bits per heavy atom. The standard InChI is InChI=1S/C25H33N3O6S/c1-15(2)13-26-21(29)11-17-14-35-25-27-16(3)22(24(30)34-10-9-31-4)23(28(17)25)19-12-18(32-5)7-8-20(19)33-6/h7-8,12,14-15,23H,9-11,13H2,1-6H3,(H,26,29). The van der Waals surface area contributed by atoms with Crippen molar-refractivity contribution in [3.8, 4) is 11.5 Å². The van der Waals surface area contributed by atoms with Gasteiger partial charge in [-0.1, -0.05) is 25.6 Å². The molecule has 0 radical (unpaired) electrons. The van der Waals surface area contributed by atoms with E-state index in [0.29, 0.717) is 46.0 Å². The zero-order chi connectivity index (χ0) is 25.5. The van der Waals surface area contributed by atoms with Crippen molar-refractivity contribution in [2.45, 2.75) is 33.2 Å². The summed E-state index contributed by atoms with van der Waals surface area (Å²) in [6, 6.07) is 4.80. The highest BCUT2D eigenvalue weighted by Gasteiger charge is 2.42. The summed E-state index contributed by atoms with van der Waals surface area (Å²) >= 11 is 1.42. The van der Waals surface area contributed by atoms with Crippen molar-refractivity contribution < 1.29 is 28.5 Å². The first-order valence-corrected chi connectivity index (χ1v) is 12.3. The van der Waals surface area contributed by atoms with Gasteiger partial charge in [-0.05, 0) is 36.4 Å². The Labute approximate surface area is 210 Å². The van der Waals surface area contributed by atoms with E-state index in [2.05, 4.69) is 10.3 Å². The maximum atomic E-state index is 13.3. The summed E-state index contributed by atoms with van der Waals surface area (Å²) in [5.74, 6) is 0.927. The van der Waals surface area contributed by atoms with Crippen LogP contribution in [0, 0.1) is 5.92 Å². The first-order valence-electron chi connectivity index (χ1n) is 11.4. The average Bonchev–Trinajstić information content (AvgIpc) is 3.23. The topological polar surface area (TPSA) is 98.7 Å². The lowest BCUT2D eigenvalue weighted by atomic mass is 9.92. The number of carbonyl (C=O) groups is 2. The fourth-order valence-corrected chi connectivity index (χ4v) is 4.78. The molecule has 9 nitrogen and oxygen atoms in total. The zero-order valence-corrected chi connectivity index (χ0v) is 21.9. The highest BCUT2D eigenvalue weighted by Crippen LogP contribution is 2.47. The van der Waals surface area contributed by atoms with Crippen LogP contribution in [-0.4, -0.2) is 63.0 Å². The second-order valence-electron chi connectivity index (χ2n) is 8.50.